The Labute approximate surface area is 290 Å². The van der Waals surface area contributed by atoms with Gasteiger partial charge in [-0.15, -0.1) is 0 Å². The summed E-state index contributed by atoms with van der Waals surface area (Å²) in [5.74, 6) is -0.609. The molecule has 1 N–H and O–H groups in total. The van der Waals surface area contributed by atoms with Gasteiger partial charge in [0.15, 0.2) is 0 Å². The molecular weight excluding hydrogens is 584 g/mol. The van der Waals surface area contributed by atoms with Gasteiger partial charge in [-0.1, -0.05) is 139 Å². The number of esters is 2. The van der Waals surface area contributed by atoms with Gasteiger partial charge in [0.25, 0.3) is 0 Å². The Morgan fingerprint density at radius 2 is 0.745 bits per heavy atom. The molecule has 0 aromatic rings. The monoisotopic (exact) mass is 657 g/mol. The average molecular weight is 657 g/mol. The zero-order chi connectivity index (χ0) is 34.3. The number of rotatable bonds is 34. The van der Waals surface area contributed by atoms with E-state index in [0.29, 0.717) is 12.8 Å². The van der Waals surface area contributed by atoms with E-state index in [9.17, 15) is 14.7 Å². The highest BCUT2D eigenvalue weighted by molar-refractivity contribution is 5.69. The van der Waals surface area contributed by atoms with Gasteiger partial charge < -0.3 is 14.6 Å². The van der Waals surface area contributed by atoms with Crippen molar-refractivity contribution >= 4 is 11.9 Å². The molecule has 0 aromatic carbocycles. The molecule has 0 saturated carbocycles. The van der Waals surface area contributed by atoms with Gasteiger partial charge in [0.2, 0.25) is 0 Å². The fraction of sp³-hybridized carbons (Fsp3) is 0.714. The Balaban J connectivity index is 3.53. The van der Waals surface area contributed by atoms with E-state index >= 15 is 0 Å². The molecule has 0 rings (SSSR count). The van der Waals surface area contributed by atoms with Crippen molar-refractivity contribution in [2.75, 3.05) is 13.2 Å². The Morgan fingerprint density at radius 1 is 0.447 bits per heavy atom. The maximum absolute atomic E-state index is 12.0. The molecule has 0 radical (unpaired) electrons. The third-order valence-corrected chi connectivity index (χ3v) is 7.98. The van der Waals surface area contributed by atoms with E-state index in [4.69, 9.17) is 9.47 Å². The van der Waals surface area contributed by atoms with E-state index in [1.165, 1.54) is 70.6 Å². The number of hydrogen-bond donors (Lipinski definition) is 1. The summed E-state index contributed by atoms with van der Waals surface area (Å²) in [6, 6.07) is 0. The Kier molecular flexibility index (Phi) is 36.1. The SMILES string of the molecule is CCCCC/C=C\C/C=C\C/C=C\CCCCCCC(=O)OC[C@H](O)COC(=O)CCCCCCC/C=C\C/C=C\CCCCCC. The van der Waals surface area contributed by atoms with E-state index < -0.39 is 6.10 Å². The summed E-state index contributed by atoms with van der Waals surface area (Å²) in [6.07, 6.45) is 48.4. The lowest BCUT2D eigenvalue weighted by Crippen LogP contribution is -2.25. The van der Waals surface area contributed by atoms with Gasteiger partial charge in [0, 0.05) is 12.8 Å². The zero-order valence-corrected chi connectivity index (χ0v) is 30.5. The minimum Gasteiger partial charge on any atom is -0.463 e. The van der Waals surface area contributed by atoms with Gasteiger partial charge in [0.1, 0.15) is 19.3 Å². The normalized spacial score (nSPS) is 12.8. The van der Waals surface area contributed by atoms with Crippen molar-refractivity contribution in [2.24, 2.45) is 0 Å². The molecule has 0 bridgehead atoms. The largest absolute Gasteiger partial charge is 0.463 e. The minimum atomic E-state index is -0.981. The molecular formula is C42H72O5. The maximum atomic E-state index is 12.0. The molecule has 0 amide bonds. The van der Waals surface area contributed by atoms with E-state index in [1.807, 2.05) is 0 Å². The fourth-order valence-electron chi connectivity index (χ4n) is 5.00. The van der Waals surface area contributed by atoms with Crippen LogP contribution >= 0.6 is 0 Å². The molecule has 0 fully saturated rings. The van der Waals surface area contributed by atoms with E-state index in [-0.39, 0.29) is 25.2 Å². The van der Waals surface area contributed by atoms with Crippen LogP contribution in [0.3, 0.4) is 0 Å². The second kappa shape index (κ2) is 38.1. The molecule has 0 spiro atoms. The van der Waals surface area contributed by atoms with Crippen LogP contribution in [0.15, 0.2) is 60.8 Å². The fourth-order valence-corrected chi connectivity index (χ4v) is 5.00. The van der Waals surface area contributed by atoms with Crippen molar-refractivity contribution in [3.8, 4) is 0 Å². The summed E-state index contributed by atoms with van der Waals surface area (Å²) < 4.78 is 10.3. The summed E-state index contributed by atoms with van der Waals surface area (Å²) in [6.45, 7) is 4.21. The lowest BCUT2D eigenvalue weighted by molar-refractivity contribution is -0.152. The van der Waals surface area contributed by atoms with Crippen LogP contribution < -0.4 is 0 Å². The van der Waals surface area contributed by atoms with Crippen molar-refractivity contribution in [3.63, 3.8) is 0 Å². The van der Waals surface area contributed by atoms with Crippen molar-refractivity contribution in [1.82, 2.24) is 0 Å². The van der Waals surface area contributed by atoms with Crippen LogP contribution in [0.2, 0.25) is 0 Å². The highest BCUT2D eigenvalue weighted by Gasteiger charge is 2.12. The second-order valence-electron chi connectivity index (χ2n) is 12.7. The number of carbonyl (C=O) groups is 2. The van der Waals surface area contributed by atoms with Crippen molar-refractivity contribution in [3.05, 3.63) is 60.8 Å². The van der Waals surface area contributed by atoms with E-state index in [1.54, 1.807) is 0 Å². The number of allylic oxidation sites excluding steroid dienone is 10. The standard InChI is InChI=1S/C42H72O5/c1-3-5-7-9-11-13-15-17-19-21-23-25-27-29-31-33-35-37-42(45)47-39-40(43)38-46-41(44)36-34-32-30-28-26-24-22-20-18-16-14-12-10-8-6-4-2/h11,13-14,16-17,19-20,22-23,25,40,43H,3-10,12,15,18,21,24,26-39H2,1-2H3/b13-11-,16-14-,19-17-,22-20-,25-23-/t40-/m1/s1. The Bertz CT molecular complexity index is 838. The highest BCUT2D eigenvalue weighted by atomic mass is 16.6. The van der Waals surface area contributed by atoms with Crippen molar-refractivity contribution < 1.29 is 24.2 Å². The molecule has 0 aliphatic rings. The first-order valence-electron chi connectivity index (χ1n) is 19.3. The van der Waals surface area contributed by atoms with Gasteiger partial charge in [-0.25, -0.2) is 0 Å². The number of aliphatic hydroxyl groups is 1. The molecule has 5 nitrogen and oxygen atoms in total. The third kappa shape index (κ3) is 37.9. The van der Waals surface area contributed by atoms with Crippen molar-refractivity contribution in [2.45, 2.75) is 180 Å². The number of aliphatic hydroxyl groups excluding tert-OH is 1. The molecule has 0 heterocycles. The van der Waals surface area contributed by atoms with E-state index in [0.717, 1.165) is 77.0 Å². The predicted octanol–water partition coefficient (Wildman–Crippen LogP) is 12.0. The summed E-state index contributed by atoms with van der Waals surface area (Å²) in [5, 5.41) is 10.0. The first-order valence-corrected chi connectivity index (χ1v) is 19.3. The van der Waals surface area contributed by atoms with Crippen LogP contribution in [0, 0.1) is 0 Å². The molecule has 0 aliphatic heterocycles. The number of ether oxygens (including phenoxy) is 2. The molecule has 5 heteroatoms. The number of hydrogen-bond acceptors (Lipinski definition) is 5. The first kappa shape index (κ1) is 44.6. The van der Waals surface area contributed by atoms with Crippen LogP contribution in [0.5, 0.6) is 0 Å². The van der Waals surface area contributed by atoms with Crippen LogP contribution in [0.4, 0.5) is 0 Å². The first-order chi connectivity index (χ1) is 23.1. The minimum absolute atomic E-state index is 0.133. The van der Waals surface area contributed by atoms with Crippen LogP contribution in [-0.2, 0) is 19.1 Å². The van der Waals surface area contributed by atoms with Crippen LogP contribution in [0.1, 0.15) is 174 Å². The lowest BCUT2D eigenvalue weighted by atomic mass is 10.1. The van der Waals surface area contributed by atoms with Gasteiger partial charge in [-0.2, -0.15) is 0 Å². The molecule has 270 valence electrons. The van der Waals surface area contributed by atoms with E-state index in [2.05, 4.69) is 74.6 Å². The summed E-state index contributed by atoms with van der Waals surface area (Å²) >= 11 is 0. The molecule has 0 aromatic heterocycles. The van der Waals surface area contributed by atoms with Crippen LogP contribution in [0.25, 0.3) is 0 Å². The molecule has 0 unspecified atom stereocenters. The predicted molar refractivity (Wildman–Crippen MR) is 200 cm³/mol. The zero-order valence-electron chi connectivity index (χ0n) is 30.5. The van der Waals surface area contributed by atoms with Crippen molar-refractivity contribution in [1.29, 1.82) is 0 Å². The summed E-state index contributed by atoms with van der Waals surface area (Å²) in [7, 11) is 0. The maximum Gasteiger partial charge on any atom is 0.305 e. The lowest BCUT2D eigenvalue weighted by Gasteiger charge is -2.12. The van der Waals surface area contributed by atoms with Gasteiger partial charge in [0.05, 0.1) is 0 Å². The summed E-state index contributed by atoms with van der Waals surface area (Å²) in [4.78, 5) is 23.9. The van der Waals surface area contributed by atoms with Gasteiger partial charge in [-0.05, 0) is 83.5 Å². The van der Waals surface area contributed by atoms with Gasteiger partial charge >= 0.3 is 11.9 Å². The van der Waals surface area contributed by atoms with Crippen LogP contribution in [-0.4, -0.2) is 36.4 Å². The molecule has 0 aliphatic carbocycles. The molecule has 47 heavy (non-hydrogen) atoms. The summed E-state index contributed by atoms with van der Waals surface area (Å²) in [5.41, 5.74) is 0. The Hall–Kier alpha value is -2.40. The Morgan fingerprint density at radius 3 is 1.15 bits per heavy atom. The third-order valence-electron chi connectivity index (χ3n) is 7.98. The topological polar surface area (TPSA) is 72.8 Å². The highest BCUT2D eigenvalue weighted by Crippen LogP contribution is 2.10. The van der Waals surface area contributed by atoms with Gasteiger partial charge in [-0.3, -0.25) is 9.59 Å². The smallest absolute Gasteiger partial charge is 0.305 e. The molecule has 0 saturated heterocycles. The quantitative estimate of drug-likeness (QED) is 0.0424. The average Bonchev–Trinajstić information content (AvgIpc) is 3.07. The second-order valence-corrected chi connectivity index (χ2v) is 12.7. The number of unbranched alkanes of at least 4 members (excludes halogenated alkanes) is 16. The number of carbonyl (C=O) groups excluding carboxylic acids is 2. The molecule has 1 atom stereocenters.